The Kier molecular flexibility index (Phi) is 20.4. The molecule has 0 aromatic heterocycles. The second-order valence-electron chi connectivity index (χ2n) is 3.70. The van der Waals surface area contributed by atoms with E-state index in [4.69, 9.17) is 10.2 Å². The summed E-state index contributed by atoms with van der Waals surface area (Å²) in [6.07, 6.45) is -1.02. The Balaban J connectivity index is -0.000000256. The minimum atomic E-state index is -1.16. The summed E-state index contributed by atoms with van der Waals surface area (Å²) >= 11 is 0. The van der Waals surface area contributed by atoms with Crippen LogP contribution in [0.25, 0.3) is 0 Å². The summed E-state index contributed by atoms with van der Waals surface area (Å²) in [7, 11) is 0. The number of carboxylic acids is 2. The number of hydrogen-bond donors (Lipinski definition) is 4. The van der Waals surface area contributed by atoms with Gasteiger partial charge in [-0.15, -0.1) is 0 Å². The third kappa shape index (κ3) is 32.0. The monoisotopic (exact) mass is 304 g/mol. The van der Waals surface area contributed by atoms with Crippen molar-refractivity contribution in [1.29, 1.82) is 0 Å². The second kappa shape index (κ2) is 16.1. The molecule has 2 unspecified atom stereocenters. The molecule has 0 rings (SSSR count). The molecule has 4 N–H and O–H groups in total. The molecule has 0 aromatic carbocycles. The van der Waals surface area contributed by atoms with Crippen molar-refractivity contribution in [1.82, 2.24) is 10.6 Å². The summed E-state index contributed by atoms with van der Waals surface area (Å²) in [4.78, 5) is 19.5. The van der Waals surface area contributed by atoms with Gasteiger partial charge in [-0.05, 0) is 13.8 Å². The minimum absolute atomic E-state index is 0. The SMILES string of the molecule is CC(O)CNCC(=O)[O-].CC(O)CNCC(=O)[O-].[Ca+2]. The largest absolute Gasteiger partial charge is 2.00 e. The molecule has 0 heterocycles. The molecule has 0 saturated carbocycles. The molecule has 2 atom stereocenters. The van der Waals surface area contributed by atoms with E-state index in [1.54, 1.807) is 13.8 Å². The number of carboxylic acid groups (broad SMARTS) is 2. The van der Waals surface area contributed by atoms with Crippen LogP contribution in [-0.2, 0) is 9.59 Å². The van der Waals surface area contributed by atoms with E-state index in [0.717, 1.165) is 0 Å². The van der Waals surface area contributed by atoms with Crippen LogP contribution in [0.5, 0.6) is 0 Å². The third-order valence-corrected chi connectivity index (χ3v) is 1.42. The number of rotatable bonds is 8. The average molecular weight is 304 g/mol. The molecular weight excluding hydrogens is 284 g/mol. The Hall–Kier alpha value is 0.0397. The molecule has 0 amide bonds. The average Bonchev–Trinajstić information content (AvgIpc) is 2.15. The van der Waals surface area contributed by atoms with E-state index in [1.807, 2.05) is 0 Å². The molecule has 0 aliphatic rings. The zero-order chi connectivity index (χ0) is 14.6. The van der Waals surface area contributed by atoms with Crippen molar-refractivity contribution < 1.29 is 30.0 Å². The summed E-state index contributed by atoms with van der Waals surface area (Å²) < 4.78 is 0. The molecule has 0 aromatic rings. The minimum Gasteiger partial charge on any atom is -0.549 e. The number of aliphatic carboxylic acids is 2. The molecule has 0 aliphatic heterocycles. The van der Waals surface area contributed by atoms with Crippen molar-refractivity contribution >= 4 is 49.7 Å². The van der Waals surface area contributed by atoms with Crippen LogP contribution >= 0.6 is 0 Å². The van der Waals surface area contributed by atoms with E-state index in [-0.39, 0.29) is 63.9 Å². The Morgan fingerprint density at radius 1 is 0.947 bits per heavy atom. The van der Waals surface area contributed by atoms with Crippen molar-refractivity contribution in [2.24, 2.45) is 0 Å². The summed E-state index contributed by atoms with van der Waals surface area (Å²) in [5, 5.41) is 41.6. The first-order valence-electron chi connectivity index (χ1n) is 5.43. The molecule has 108 valence electrons. The molecule has 0 radical (unpaired) electrons. The first-order chi connectivity index (χ1) is 8.25. The van der Waals surface area contributed by atoms with E-state index in [0.29, 0.717) is 0 Å². The maximum atomic E-state index is 9.73. The van der Waals surface area contributed by atoms with Gasteiger partial charge in [-0.1, -0.05) is 0 Å². The van der Waals surface area contributed by atoms with E-state index in [2.05, 4.69) is 10.6 Å². The Bertz CT molecular complexity index is 214. The third-order valence-electron chi connectivity index (χ3n) is 1.42. The maximum absolute atomic E-state index is 9.73. The van der Waals surface area contributed by atoms with Gasteiger partial charge in [-0.2, -0.15) is 0 Å². The molecule has 0 aliphatic carbocycles. The summed E-state index contributed by atoms with van der Waals surface area (Å²) in [6.45, 7) is 3.31. The fourth-order valence-electron chi connectivity index (χ4n) is 0.766. The van der Waals surface area contributed by atoms with Crippen LogP contribution in [0.2, 0.25) is 0 Å². The van der Waals surface area contributed by atoms with Crippen molar-refractivity contribution in [3.05, 3.63) is 0 Å². The molecule has 9 heteroatoms. The fourth-order valence-corrected chi connectivity index (χ4v) is 0.766. The predicted octanol–water partition coefficient (Wildman–Crippen LogP) is -4.97. The zero-order valence-corrected chi connectivity index (χ0v) is 13.4. The summed E-state index contributed by atoms with van der Waals surface area (Å²) in [5.74, 6) is -2.31. The summed E-state index contributed by atoms with van der Waals surface area (Å²) in [5.41, 5.74) is 0. The van der Waals surface area contributed by atoms with Gasteiger partial charge in [0.1, 0.15) is 0 Å². The number of carbonyl (C=O) groups is 2. The van der Waals surface area contributed by atoms with Gasteiger partial charge >= 0.3 is 37.7 Å². The van der Waals surface area contributed by atoms with E-state index >= 15 is 0 Å². The van der Waals surface area contributed by atoms with Gasteiger partial charge in [-0.25, -0.2) is 0 Å². The van der Waals surface area contributed by atoms with E-state index in [9.17, 15) is 19.8 Å². The smallest absolute Gasteiger partial charge is 0.549 e. The van der Waals surface area contributed by atoms with Crippen LogP contribution in [0.15, 0.2) is 0 Å². The van der Waals surface area contributed by atoms with Crippen LogP contribution < -0.4 is 20.8 Å². The standard InChI is InChI=1S/2C5H11NO3.Ca/c2*1-4(7)2-6-3-5(8)9;/h2*4,6-7H,2-3H2,1H3,(H,8,9);/q;;+2/p-2. The first kappa shape index (κ1) is 24.1. The van der Waals surface area contributed by atoms with Crippen LogP contribution in [0.1, 0.15) is 13.8 Å². The van der Waals surface area contributed by atoms with Gasteiger partial charge in [0.25, 0.3) is 0 Å². The van der Waals surface area contributed by atoms with Crippen LogP contribution in [-0.4, -0.2) is 98.3 Å². The molecule has 0 spiro atoms. The number of carbonyl (C=O) groups excluding carboxylic acids is 2. The van der Waals surface area contributed by atoms with Gasteiger partial charge in [0, 0.05) is 26.2 Å². The van der Waals surface area contributed by atoms with Gasteiger partial charge in [0.2, 0.25) is 0 Å². The van der Waals surface area contributed by atoms with Crippen LogP contribution in [0, 0.1) is 0 Å². The quantitative estimate of drug-likeness (QED) is 0.326. The van der Waals surface area contributed by atoms with Crippen molar-refractivity contribution in [3.63, 3.8) is 0 Å². The normalized spacial score (nSPS) is 12.4. The van der Waals surface area contributed by atoms with Gasteiger partial charge in [0.15, 0.2) is 0 Å². The van der Waals surface area contributed by atoms with Gasteiger partial charge in [0.05, 0.1) is 24.1 Å². The van der Waals surface area contributed by atoms with Crippen molar-refractivity contribution in [2.75, 3.05) is 26.2 Å². The van der Waals surface area contributed by atoms with Gasteiger partial charge < -0.3 is 40.6 Å². The number of nitrogens with one attached hydrogen (secondary N) is 2. The number of hydrogen-bond acceptors (Lipinski definition) is 8. The zero-order valence-electron chi connectivity index (χ0n) is 11.2. The first-order valence-corrected chi connectivity index (χ1v) is 5.43. The van der Waals surface area contributed by atoms with E-state index in [1.165, 1.54) is 0 Å². The number of aliphatic hydroxyl groups excluding tert-OH is 2. The second-order valence-corrected chi connectivity index (χ2v) is 3.70. The Labute approximate surface area is 142 Å². The van der Waals surface area contributed by atoms with Gasteiger partial charge in [-0.3, -0.25) is 0 Å². The van der Waals surface area contributed by atoms with Crippen LogP contribution in [0.3, 0.4) is 0 Å². The fraction of sp³-hybridized carbons (Fsp3) is 0.800. The Morgan fingerprint density at radius 2 is 1.21 bits per heavy atom. The van der Waals surface area contributed by atoms with Crippen molar-refractivity contribution in [2.45, 2.75) is 26.1 Å². The molecule has 19 heavy (non-hydrogen) atoms. The van der Waals surface area contributed by atoms with Crippen molar-refractivity contribution in [3.8, 4) is 0 Å². The topological polar surface area (TPSA) is 145 Å². The predicted molar refractivity (Wildman–Crippen MR) is 64.9 cm³/mol. The molecule has 0 saturated heterocycles. The maximum Gasteiger partial charge on any atom is 2.00 e. The molecule has 0 fully saturated rings. The van der Waals surface area contributed by atoms with E-state index < -0.39 is 24.1 Å². The Morgan fingerprint density at radius 3 is 1.37 bits per heavy atom. The molecule has 8 nitrogen and oxygen atoms in total. The molecular formula is C10H20CaN2O6. The van der Waals surface area contributed by atoms with Crippen LogP contribution in [0.4, 0.5) is 0 Å². The number of aliphatic hydroxyl groups is 2. The summed E-state index contributed by atoms with van der Waals surface area (Å²) in [6, 6.07) is 0. The molecule has 0 bridgehead atoms.